The minimum atomic E-state index is -0.315. The smallest absolute Gasteiger partial charge is 0.338 e. The molecular formula is C20H30N2O3. The highest BCUT2D eigenvalue weighted by Crippen LogP contribution is 2.16. The molecule has 0 radical (unpaired) electrons. The van der Waals surface area contributed by atoms with Crippen LogP contribution >= 0.6 is 0 Å². The number of carbonyl (C=O) groups is 2. The van der Waals surface area contributed by atoms with Crippen LogP contribution in [-0.4, -0.2) is 42.5 Å². The first-order chi connectivity index (χ1) is 12.1. The maximum absolute atomic E-state index is 12.2. The van der Waals surface area contributed by atoms with Gasteiger partial charge < -0.3 is 15.0 Å². The third-order valence-electron chi connectivity index (χ3n) is 4.63. The van der Waals surface area contributed by atoms with Gasteiger partial charge in [-0.2, -0.15) is 0 Å². The van der Waals surface area contributed by atoms with E-state index in [0.717, 1.165) is 25.9 Å². The lowest BCUT2D eigenvalue weighted by Gasteiger charge is -2.31. The normalized spacial score (nSPS) is 16.2. The van der Waals surface area contributed by atoms with Crippen LogP contribution in [0.1, 0.15) is 62.7 Å². The van der Waals surface area contributed by atoms with Gasteiger partial charge in [0.15, 0.2) is 0 Å². The molecule has 1 amide bonds. The van der Waals surface area contributed by atoms with Gasteiger partial charge in [0.25, 0.3) is 0 Å². The Balaban J connectivity index is 1.79. The quantitative estimate of drug-likeness (QED) is 0.574. The molecule has 1 aliphatic heterocycles. The highest BCUT2D eigenvalue weighted by Gasteiger charge is 2.19. The van der Waals surface area contributed by atoms with Crippen molar-refractivity contribution >= 4 is 17.6 Å². The van der Waals surface area contributed by atoms with Crippen LogP contribution in [0, 0.1) is 0 Å². The fourth-order valence-electron chi connectivity index (χ4n) is 3.05. The standard InChI is InChI=1S/C20H30N2O3/c1-3-4-14-25-20(24)17-8-10-18(11-9-17)21-19(23)15-16(2)22-12-6-5-7-13-22/h8-11,16H,3-7,12-15H2,1-2H3,(H,21,23). The summed E-state index contributed by atoms with van der Waals surface area (Å²) in [7, 11) is 0. The van der Waals surface area contributed by atoms with Gasteiger partial charge in [0.05, 0.1) is 12.2 Å². The molecule has 1 aromatic rings. The Bertz CT molecular complexity index is 551. The molecule has 1 aromatic carbocycles. The van der Waals surface area contributed by atoms with E-state index in [0.29, 0.717) is 24.3 Å². The molecule has 5 nitrogen and oxygen atoms in total. The summed E-state index contributed by atoms with van der Waals surface area (Å²) in [6.45, 7) is 6.78. The monoisotopic (exact) mass is 346 g/mol. The van der Waals surface area contributed by atoms with Crippen LogP contribution in [-0.2, 0) is 9.53 Å². The summed E-state index contributed by atoms with van der Waals surface area (Å²) in [5, 5.41) is 2.91. The summed E-state index contributed by atoms with van der Waals surface area (Å²) < 4.78 is 5.18. The first-order valence-corrected chi connectivity index (χ1v) is 9.41. The maximum Gasteiger partial charge on any atom is 0.338 e. The summed E-state index contributed by atoms with van der Waals surface area (Å²) in [6, 6.07) is 7.14. The van der Waals surface area contributed by atoms with E-state index in [9.17, 15) is 9.59 Å². The van der Waals surface area contributed by atoms with Gasteiger partial charge >= 0.3 is 5.97 Å². The number of esters is 1. The van der Waals surface area contributed by atoms with Crippen molar-refractivity contribution in [1.29, 1.82) is 0 Å². The second-order valence-electron chi connectivity index (χ2n) is 6.76. The number of benzene rings is 1. The highest BCUT2D eigenvalue weighted by atomic mass is 16.5. The molecule has 25 heavy (non-hydrogen) atoms. The largest absolute Gasteiger partial charge is 0.462 e. The van der Waals surface area contributed by atoms with Gasteiger partial charge in [0.1, 0.15) is 0 Å². The van der Waals surface area contributed by atoms with Crippen molar-refractivity contribution in [3.8, 4) is 0 Å². The van der Waals surface area contributed by atoms with Crippen LogP contribution in [0.4, 0.5) is 5.69 Å². The van der Waals surface area contributed by atoms with E-state index >= 15 is 0 Å². The molecule has 1 fully saturated rings. The lowest BCUT2D eigenvalue weighted by Crippen LogP contribution is -2.39. The zero-order valence-corrected chi connectivity index (χ0v) is 15.4. The van der Waals surface area contributed by atoms with E-state index in [1.54, 1.807) is 24.3 Å². The van der Waals surface area contributed by atoms with Gasteiger partial charge in [0.2, 0.25) is 5.91 Å². The number of rotatable bonds is 8. The van der Waals surface area contributed by atoms with Crippen molar-refractivity contribution < 1.29 is 14.3 Å². The number of ether oxygens (including phenoxy) is 1. The molecule has 0 aliphatic carbocycles. The molecule has 138 valence electrons. The number of nitrogens with zero attached hydrogens (tertiary/aromatic N) is 1. The zero-order valence-electron chi connectivity index (χ0n) is 15.4. The highest BCUT2D eigenvalue weighted by molar-refractivity contribution is 5.93. The van der Waals surface area contributed by atoms with Crippen molar-refractivity contribution in [3.05, 3.63) is 29.8 Å². The molecule has 0 aromatic heterocycles. The molecule has 0 spiro atoms. The molecule has 1 heterocycles. The fourth-order valence-corrected chi connectivity index (χ4v) is 3.05. The van der Waals surface area contributed by atoms with Crippen molar-refractivity contribution in [2.75, 3.05) is 25.0 Å². The van der Waals surface area contributed by atoms with Crippen LogP contribution in [0.2, 0.25) is 0 Å². The predicted octanol–water partition coefficient (Wildman–Crippen LogP) is 3.85. The second-order valence-corrected chi connectivity index (χ2v) is 6.76. The Morgan fingerprint density at radius 3 is 2.48 bits per heavy atom. The molecule has 1 aliphatic rings. The molecule has 1 saturated heterocycles. The van der Waals surface area contributed by atoms with Gasteiger partial charge in [-0.1, -0.05) is 19.8 Å². The molecule has 1 atom stereocenters. The van der Waals surface area contributed by atoms with Crippen molar-refractivity contribution in [3.63, 3.8) is 0 Å². The Hall–Kier alpha value is -1.88. The first kappa shape index (κ1) is 19.4. The van der Waals surface area contributed by atoms with Crippen molar-refractivity contribution in [2.45, 2.75) is 58.4 Å². The third kappa shape index (κ3) is 6.50. The van der Waals surface area contributed by atoms with Crippen LogP contribution < -0.4 is 5.32 Å². The summed E-state index contributed by atoms with van der Waals surface area (Å²) in [4.78, 5) is 26.5. The molecule has 0 bridgehead atoms. The lowest BCUT2D eigenvalue weighted by molar-refractivity contribution is -0.117. The first-order valence-electron chi connectivity index (χ1n) is 9.41. The van der Waals surface area contributed by atoms with Gasteiger partial charge in [0, 0.05) is 18.2 Å². The summed E-state index contributed by atoms with van der Waals surface area (Å²) in [5.41, 5.74) is 1.22. The van der Waals surface area contributed by atoms with E-state index in [1.807, 2.05) is 0 Å². The Kier molecular flexibility index (Phi) is 7.92. The summed E-state index contributed by atoms with van der Waals surface area (Å²) >= 11 is 0. The molecule has 1 unspecified atom stereocenters. The zero-order chi connectivity index (χ0) is 18.1. The Morgan fingerprint density at radius 1 is 1.16 bits per heavy atom. The SMILES string of the molecule is CCCCOC(=O)c1ccc(NC(=O)CC(C)N2CCCCC2)cc1. The lowest BCUT2D eigenvalue weighted by atomic mass is 10.1. The number of hydrogen-bond donors (Lipinski definition) is 1. The average molecular weight is 346 g/mol. The maximum atomic E-state index is 12.2. The van der Waals surface area contributed by atoms with Crippen molar-refractivity contribution in [2.24, 2.45) is 0 Å². The number of anilines is 1. The van der Waals surface area contributed by atoms with Crippen LogP contribution in [0.25, 0.3) is 0 Å². The van der Waals surface area contributed by atoms with Crippen LogP contribution in [0.5, 0.6) is 0 Å². The predicted molar refractivity (Wildman–Crippen MR) is 99.8 cm³/mol. The minimum absolute atomic E-state index is 0.0105. The van der Waals surface area contributed by atoms with Gasteiger partial charge in [-0.15, -0.1) is 0 Å². The number of amides is 1. The number of nitrogens with one attached hydrogen (secondary N) is 1. The number of hydrogen-bond acceptors (Lipinski definition) is 4. The molecule has 5 heteroatoms. The number of carbonyl (C=O) groups excluding carboxylic acids is 2. The molecule has 0 saturated carbocycles. The Labute approximate surface area is 150 Å². The summed E-state index contributed by atoms with van der Waals surface area (Å²) in [5.74, 6) is -0.304. The number of unbranched alkanes of at least 4 members (excludes halogenated alkanes) is 1. The molecule has 2 rings (SSSR count). The van der Waals surface area contributed by atoms with Crippen LogP contribution in [0.3, 0.4) is 0 Å². The van der Waals surface area contributed by atoms with E-state index in [4.69, 9.17) is 4.74 Å². The Morgan fingerprint density at radius 2 is 1.84 bits per heavy atom. The van der Waals surface area contributed by atoms with E-state index in [1.165, 1.54) is 19.3 Å². The molecular weight excluding hydrogens is 316 g/mol. The third-order valence-corrected chi connectivity index (χ3v) is 4.63. The van der Waals surface area contributed by atoms with Crippen molar-refractivity contribution in [1.82, 2.24) is 4.90 Å². The second kappa shape index (κ2) is 10.2. The number of piperidine rings is 1. The minimum Gasteiger partial charge on any atom is -0.462 e. The topological polar surface area (TPSA) is 58.6 Å². The van der Waals surface area contributed by atoms with Gasteiger partial charge in [-0.3, -0.25) is 4.79 Å². The van der Waals surface area contributed by atoms with Gasteiger partial charge in [-0.25, -0.2) is 4.79 Å². The fraction of sp³-hybridized carbons (Fsp3) is 0.600. The van der Waals surface area contributed by atoms with E-state index < -0.39 is 0 Å². The average Bonchev–Trinajstić information content (AvgIpc) is 2.63. The van der Waals surface area contributed by atoms with Gasteiger partial charge in [-0.05, 0) is 63.5 Å². The van der Waals surface area contributed by atoms with E-state index in [-0.39, 0.29) is 17.9 Å². The number of likely N-dealkylation sites (tertiary alicyclic amines) is 1. The van der Waals surface area contributed by atoms with E-state index in [2.05, 4.69) is 24.1 Å². The van der Waals surface area contributed by atoms with Crippen LogP contribution in [0.15, 0.2) is 24.3 Å². The molecule has 1 N–H and O–H groups in total. The summed E-state index contributed by atoms with van der Waals surface area (Å²) in [6.07, 6.45) is 6.09.